The molecular formula is C19H17F3N2O. The molecule has 1 aliphatic heterocycles. The quantitative estimate of drug-likeness (QED) is 0.816. The van der Waals surface area contributed by atoms with E-state index in [1.807, 2.05) is 29.2 Å². The average Bonchev–Trinajstić information content (AvgIpc) is 3.10. The Morgan fingerprint density at radius 2 is 1.96 bits per heavy atom. The zero-order valence-electron chi connectivity index (χ0n) is 13.7. The van der Waals surface area contributed by atoms with E-state index in [0.717, 1.165) is 23.8 Å². The molecule has 1 heterocycles. The second-order valence-electron chi connectivity index (χ2n) is 6.01. The second kappa shape index (κ2) is 6.67. The van der Waals surface area contributed by atoms with Gasteiger partial charge in [-0.25, -0.2) is 0 Å². The van der Waals surface area contributed by atoms with Crippen LogP contribution in [0.3, 0.4) is 0 Å². The van der Waals surface area contributed by atoms with E-state index < -0.39 is 11.7 Å². The molecule has 2 aromatic rings. The van der Waals surface area contributed by atoms with Crippen LogP contribution in [0.1, 0.15) is 29.0 Å². The van der Waals surface area contributed by atoms with Crippen LogP contribution in [-0.2, 0) is 6.18 Å². The van der Waals surface area contributed by atoms with Crippen molar-refractivity contribution in [2.45, 2.75) is 18.5 Å². The van der Waals surface area contributed by atoms with Gasteiger partial charge in [0.15, 0.2) is 0 Å². The van der Waals surface area contributed by atoms with Gasteiger partial charge < -0.3 is 9.64 Å². The lowest BCUT2D eigenvalue weighted by atomic mass is 9.97. The summed E-state index contributed by atoms with van der Waals surface area (Å²) in [6.07, 6.45) is -3.70. The molecular weight excluding hydrogens is 329 g/mol. The van der Waals surface area contributed by atoms with Gasteiger partial charge in [0.2, 0.25) is 0 Å². The van der Waals surface area contributed by atoms with Gasteiger partial charge in [0.05, 0.1) is 24.3 Å². The maximum atomic E-state index is 13.2. The highest BCUT2D eigenvalue weighted by atomic mass is 19.4. The first kappa shape index (κ1) is 17.2. The van der Waals surface area contributed by atoms with Crippen molar-refractivity contribution in [2.75, 3.05) is 25.1 Å². The monoisotopic (exact) mass is 346 g/mol. The van der Waals surface area contributed by atoms with Crippen LogP contribution < -0.4 is 9.64 Å². The largest absolute Gasteiger partial charge is 0.496 e. The number of nitriles is 1. The Labute approximate surface area is 144 Å². The summed E-state index contributed by atoms with van der Waals surface area (Å²) >= 11 is 0. The molecule has 1 saturated heterocycles. The molecule has 0 N–H and O–H groups in total. The standard InChI is InChI=1S/C19H17F3N2O/c1-25-18-5-3-2-4-16(18)14-8-9-24(12-14)15-7-6-13(11-23)17(10-15)19(20,21)22/h2-7,10,14H,8-9,12H2,1H3. The fraction of sp³-hybridized carbons (Fsp3) is 0.316. The highest BCUT2D eigenvalue weighted by Gasteiger charge is 2.35. The summed E-state index contributed by atoms with van der Waals surface area (Å²) in [4.78, 5) is 1.92. The molecule has 6 heteroatoms. The smallest absolute Gasteiger partial charge is 0.417 e. The van der Waals surface area contributed by atoms with Gasteiger partial charge in [0.1, 0.15) is 5.75 Å². The molecule has 3 rings (SSSR count). The van der Waals surface area contributed by atoms with E-state index in [1.54, 1.807) is 19.2 Å². The van der Waals surface area contributed by atoms with Crippen LogP contribution in [0.15, 0.2) is 42.5 Å². The van der Waals surface area contributed by atoms with E-state index in [1.165, 1.54) is 6.07 Å². The lowest BCUT2D eigenvalue weighted by Gasteiger charge is -2.21. The lowest BCUT2D eigenvalue weighted by molar-refractivity contribution is -0.137. The number of methoxy groups -OCH3 is 1. The normalized spacial score (nSPS) is 17.4. The van der Waals surface area contributed by atoms with Gasteiger partial charge in [-0.05, 0) is 36.2 Å². The van der Waals surface area contributed by atoms with Crippen molar-refractivity contribution in [3.05, 3.63) is 59.2 Å². The number of alkyl halides is 3. The highest BCUT2D eigenvalue weighted by molar-refractivity contribution is 5.56. The predicted octanol–water partition coefficient (Wildman–Crippen LogP) is 4.58. The molecule has 1 atom stereocenters. The Hall–Kier alpha value is -2.68. The van der Waals surface area contributed by atoms with E-state index >= 15 is 0 Å². The SMILES string of the molecule is COc1ccccc1C1CCN(c2ccc(C#N)c(C(F)(F)F)c2)C1. The maximum absolute atomic E-state index is 13.2. The van der Waals surface area contributed by atoms with Crippen molar-refractivity contribution >= 4 is 5.69 Å². The third kappa shape index (κ3) is 3.41. The summed E-state index contributed by atoms with van der Waals surface area (Å²) < 4.78 is 44.9. The Balaban J connectivity index is 1.86. The molecule has 0 radical (unpaired) electrons. The summed E-state index contributed by atoms with van der Waals surface area (Å²) in [6.45, 7) is 1.27. The lowest BCUT2D eigenvalue weighted by Crippen LogP contribution is -2.20. The number of nitrogens with zero attached hydrogens (tertiary/aromatic N) is 2. The molecule has 0 amide bonds. The fourth-order valence-corrected chi connectivity index (χ4v) is 3.31. The van der Waals surface area contributed by atoms with Crippen LogP contribution in [0, 0.1) is 11.3 Å². The Morgan fingerprint density at radius 1 is 1.20 bits per heavy atom. The molecule has 3 nitrogen and oxygen atoms in total. The van der Waals surface area contributed by atoms with Crippen molar-refractivity contribution in [1.82, 2.24) is 0 Å². The molecule has 1 unspecified atom stereocenters. The van der Waals surface area contributed by atoms with Crippen molar-refractivity contribution in [1.29, 1.82) is 5.26 Å². The number of anilines is 1. The first-order valence-electron chi connectivity index (χ1n) is 7.93. The van der Waals surface area contributed by atoms with Crippen LogP contribution in [0.25, 0.3) is 0 Å². The Bertz CT molecular complexity index is 811. The summed E-state index contributed by atoms with van der Waals surface area (Å²) in [5.74, 6) is 0.992. The van der Waals surface area contributed by atoms with Crippen LogP contribution in [0.5, 0.6) is 5.75 Å². The molecule has 0 bridgehead atoms. The van der Waals surface area contributed by atoms with Crippen molar-refractivity contribution < 1.29 is 17.9 Å². The highest BCUT2D eigenvalue weighted by Crippen LogP contribution is 2.38. The Kier molecular flexibility index (Phi) is 4.58. The molecule has 1 aliphatic rings. The van der Waals surface area contributed by atoms with E-state index in [9.17, 15) is 13.2 Å². The van der Waals surface area contributed by atoms with Crippen molar-refractivity contribution in [3.63, 3.8) is 0 Å². The van der Waals surface area contributed by atoms with Crippen LogP contribution in [0.2, 0.25) is 0 Å². The van der Waals surface area contributed by atoms with Crippen LogP contribution in [0.4, 0.5) is 18.9 Å². The Morgan fingerprint density at radius 3 is 2.64 bits per heavy atom. The number of benzene rings is 2. The molecule has 1 fully saturated rings. The topological polar surface area (TPSA) is 36.3 Å². The second-order valence-corrected chi connectivity index (χ2v) is 6.01. The zero-order chi connectivity index (χ0) is 18.0. The van der Waals surface area contributed by atoms with Gasteiger partial charge in [-0.3, -0.25) is 0 Å². The number of hydrogen-bond acceptors (Lipinski definition) is 3. The molecule has 0 spiro atoms. The number of rotatable bonds is 3. The first-order valence-corrected chi connectivity index (χ1v) is 7.93. The minimum atomic E-state index is -4.54. The molecule has 25 heavy (non-hydrogen) atoms. The molecule has 2 aromatic carbocycles. The fourth-order valence-electron chi connectivity index (χ4n) is 3.31. The predicted molar refractivity (Wildman–Crippen MR) is 88.7 cm³/mol. The molecule has 0 aromatic heterocycles. The summed E-state index contributed by atoms with van der Waals surface area (Å²) in [5.41, 5.74) is 0.325. The summed E-state index contributed by atoms with van der Waals surface area (Å²) in [6, 6.07) is 13.2. The zero-order valence-corrected chi connectivity index (χ0v) is 13.7. The van der Waals surface area contributed by atoms with Crippen LogP contribution in [-0.4, -0.2) is 20.2 Å². The van der Waals surface area contributed by atoms with Crippen molar-refractivity contribution in [3.8, 4) is 11.8 Å². The number of ether oxygens (including phenoxy) is 1. The average molecular weight is 346 g/mol. The number of halogens is 3. The van der Waals surface area contributed by atoms with Gasteiger partial charge in [0.25, 0.3) is 0 Å². The van der Waals surface area contributed by atoms with Crippen molar-refractivity contribution in [2.24, 2.45) is 0 Å². The summed E-state index contributed by atoms with van der Waals surface area (Å²) in [7, 11) is 1.61. The van der Waals surface area contributed by atoms with Gasteiger partial charge in [0, 0.05) is 24.7 Å². The number of para-hydroxylation sites is 1. The van der Waals surface area contributed by atoms with Gasteiger partial charge in [-0.1, -0.05) is 18.2 Å². The van der Waals surface area contributed by atoms with E-state index in [4.69, 9.17) is 10.00 Å². The maximum Gasteiger partial charge on any atom is 0.417 e. The minimum Gasteiger partial charge on any atom is -0.496 e. The molecule has 0 saturated carbocycles. The first-order chi connectivity index (χ1) is 11.9. The minimum absolute atomic E-state index is 0.195. The van der Waals surface area contributed by atoms with E-state index in [0.29, 0.717) is 18.8 Å². The van der Waals surface area contributed by atoms with Crippen LogP contribution >= 0.6 is 0 Å². The third-order valence-electron chi connectivity index (χ3n) is 4.56. The van der Waals surface area contributed by atoms with E-state index in [2.05, 4.69) is 0 Å². The number of hydrogen-bond donors (Lipinski definition) is 0. The molecule has 130 valence electrons. The van der Waals surface area contributed by atoms with Gasteiger partial charge >= 0.3 is 6.18 Å². The molecule has 0 aliphatic carbocycles. The summed E-state index contributed by atoms with van der Waals surface area (Å²) in [5, 5.41) is 8.91. The van der Waals surface area contributed by atoms with Gasteiger partial charge in [-0.15, -0.1) is 0 Å². The van der Waals surface area contributed by atoms with Gasteiger partial charge in [-0.2, -0.15) is 18.4 Å². The third-order valence-corrected chi connectivity index (χ3v) is 4.56. The van der Waals surface area contributed by atoms with E-state index in [-0.39, 0.29) is 11.5 Å².